The first-order valence-electron chi connectivity index (χ1n) is 5.90. The van der Waals surface area contributed by atoms with Crippen molar-refractivity contribution in [3.8, 4) is 0 Å². The first-order chi connectivity index (χ1) is 7.78. The van der Waals surface area contributed by atoms with E-state index in [1.807, 2.05) is 0 Å². The van der Waals surface area contributed by atoms with E-state index >= 15 is 0 Å². The largest absolute Gasteiger partial charge is 0.395 e. The lowest BCUT2D eigenvalue weighted by molar-refractivity contribution is 0.143. The van der Waals surface area contributed by atoms with E-state index in [1.54, 1.807) is 0 Å². The van der Waals surface area contributed by atoms with Crippen LogP contribution in [0.3, 0.4) is 0 Å². The van der Waals surface area contributed by atoms with Gasteiger partial charge in [-0.05, 0) is 12.5 Å². The lowest BCUT2D eigenvalue weighted by atomic mass is 10.1. The fourth-order valence-electron chi connectivity index (χ4n) is 2.11. The van der Waals surface area contributed by atoms with Gasteiger partial charge in [0.25, 0.3) is 0 Å². The smallest absolute Gasteiger partial charge is 0.0597 e. The van der Waals surface area contributed by atoms with Gasteiger partial charge >= 0.3 is 0 Å². The van der Waals surface area contributed by atoms with Crippen LogP contribution in [0.2, 0.25) is 0 Å². The van der Waals surface area contributed by atoms with E-state index in [0.717, 1.165) is 26.2 Å². The van der Waals surface area contributed by atoms with Gasteiger partial charge in [0.15, 0.2) is 0 Å². The molecule has 1 atom stereocenters. The van der Waals surface area contributed by atoms with Crippen molar-refractivity contribution in [3.63, 3.8) is 0 Å². The maximum Gasteiger partial charge on any atom is 0.0597 e. The zero-order chi connectivity index (χ0) is 11.4. The van der Waals surface area contributed by atoms with Gasteiger partial charge in [-0.2, -0.15) is 0 Å². The molecule has 1 heterocycles. The molecule has 3 heteroatoms. The van der Waals surface area contributed by atoms with Gasteiger partial charge in [-0.15, -0.1) is 0 Å². The molecular formula is C13H20N2O. The Bertz CT molecular complexity index is 323. The average Bonchev–Trinajstić information content (AvgIpc) is 2.32. The van der Waals surface area contributed by atoms with E-state index in [2.05, 4.69) is 41.4 Å². The molecule has 16 heavy (non-hydrogen) atoms. The third-order valence-corrected chi connectivity index (χ3v) is 3.09. The molecule has 1 saturated heterocycles. The number of piperazine rings is 1. The highest BCUT2D eigenvalue weighted by atomic mass is 16.3. The summed E-state index contributed by atoms with van der Waals surface area (Å²) in [5.74, 6) is 0. The Balaban J connectivity index is 1.91. The van der Waals surface area contributed by atoms with E-state index < -0.39 is 0 Å². The van der Waals surface area contributed by atoms with Crippen LogP contribution in [0.1, 0.15) is 11.1 Å². The van der Waals surface area contributed by atoms with Crippen molar-refractivity contribution in [2.75, 3.05) is 26.2 Å². The Labute approximate surface area is 97.1 Å². The second kappa shape index (κ2) is 5.43. The van der Waals surface area contributed by atoms with Crippen molar-refractivity contribution in [1.29, 1.82) is 0 Å². The van der Waals surface area contributed by atoms with Crippen LogP contribution in [0.15, 0.2) is 24.3 Å². The van der Waals surface area contributed by atoms with Gasteiger partial charge in [-0.1, -0.05) is 29.8 Å². The molecule has 2 rings (SSSR count). The number of rotatable bonds is 3. The molecule has 1 aliphatic heterocycles. The molecule has 0 aliphatic carbocycles. The molecule has 1 aliphatic rings. The molecule has 0 bridgehead atoms. The van der Waals surface area contributed by atoms with E-state index in [4.69, 9.17) is 5.11 Å². The second-order valence-corrected chi connectivity index (χ2v) is 4.55. The summed E-state index contributed by atoms with van der Waals surface area (Å²) >= 11 is 0. The van der Waals surface area contributed by atoms with Crippen LogP contribution in [0.25, 0.3) is 0 Å². The van der Waals surface area contributed by atoms with Gasteiger partial charge in [0, 0.05) is 32.2 Å². The molecule has 1 aromatic rings. The fraction of sp³-hybridized carbons (Fsp3) is 0.538. The van der Waals surface area contributed by atoms with Crippen LogP contribution in [0, 0.1) is 6.92 Å². The lowest BCUT2D eigenvalue weighted by Gasteiger charge is -2.32. The molecule has 0 amide bonds. The number of hydrogen-bond acceptors (Lipinski definition) is 3. The SMILES string of the molecule is Cc1ccc(CN2CCN[C@H](CO)C2)cc1. The van der Waals surface area contributed by atoms with Crippen LogP contribution < -0.4 is 5.32 Å². The monoisotopic (exact) mass is 220 g/mol. The zero-order valence-corrected chi connectivity index (χ0v) is 9.82. The van der Waals surface area contributed by atoms with E-state index in [-0.39, 0.29) is 12.6 Å². The first kappa shape index (κ1) is 11.6. The van der Waals surface area contributed by atoms with Gasteiger partial charge in [0.1, 0.15) is 0 Å². The zero-order valence-electron chi connectivity index (χ0n) is 9.82. The summed E-state index contributed by atoms with van der Waals surface area (Å²) in [6.07, 6.45) is 0. The van der Waals surface area contributed by atoms with Crippen molar-refractivity contribution in [3.05, 3.63) is 35.4 Å². The maximum atomic E-state index is 9.12. The summed E-state index contributed by atoms with van der Waals surface area (Å²) in [6, 6.07) is 8.91. The highest BCUT2D eigenvalue weighted by molar-refractivity contribution is 5.21. The Morgan fingerprint density at radius 3 is 2.81 bits per heavy atom. The van der Waals surface area contributed by atoms with Gasteiger partial charge in [-0.3, -0.25) is 4.90 Å². The molecule has 88 valence electrons. The molecule has 0 aromatic heterocycles. The Morgan fingerprint density at radius 1 is 1.38 bits per heavy atom. The number of aliphatic hydroxyl groups excluding tert-OH is 1. The minimum atomic E-state index is 0.227. The molecule has 0 radical (unpaired) electrons. The van der Waals surface area contributed by atoms with E-state index in [0.29, 0.717) is 0 Å². The highest BCUT2D eigenvalue weighted by Crippen LogP contribution is 2.08. The van der Waals surface area contributed by atoms with Crippen molar-refractivity contribution in [1.82, 2.24) is 10.2 Å². The fourth-order valence-corrected chi connectivity index (χ4v) is 2.11. The molecular weight excluding hydrogens is 200 g/mol. The summed E-state index contributed by atoms with van der Waals surface area (Å²) in [4.78, 5) is 2.39. The third kappa shape index (κ3) is 3.04. The first-order valence-corrected chi connectivity index (χ1v) is 5.90. The van der Waals surface area contributed by atoms with Gasteiger partial charge in [0.05, 0.1) is 6.61 Å². The number of aryl methyl sites for hydroxylation is 1. The second-order valence-electron chi connectivity index (χ2n) is 4.55. The minimum absolute atomic E-state index is 0.227. The average molecular weight is 220 g/mol. The minimum Gasteiger partial charge on any atom is -0.395 e. The molecule has 0 spiro atoms. The summed E-state index contributed by atoms with van der Waals surface area (Å²) in [7, 11) is 0. The van der Waals surface area contributed by atoms with Crippen molar-refractivity contribution < 1.29 is 5.11 Å². The van der Waals surface area contributed by atoms with Gasteiger partial charge in [0.2, 0.25) is 0 Å². The molecule has 3 nitrogen and oxygen atoms in total. The molecule has 1 aromatic carbocycles. The van der Waals surface area contributed by atoms with Crippen LogP contribution in [-0.2, 0) is 6.54 Å². The van der Waals surface area contributed by atoms with Gasteiger partial charge < -0.3 is 10.4 Å². The Kier molecular flexibility index (Phi) is 3.93. The Hall–Kier alpha value is -0.900. The topological polar surface area (TPSA) is 35.5 Å². The van der Waals surface area contributed by atoms with Gasteiger partial charge in [-0.25, -0.2) is 0 Å². The quantitative estimate of drug-likeness (QED) is 0.789. The molecule has 0 saturated carbocycles. The van der Waals surface area contributed by atoms with E-state index in [1.165, 1.54) is 11.1 Å². The highest BCUT2D eigenvalue weighted by Gasteiger charge is 2.18. The van der Waals surface area contributed by atoms with Crippen molar-refractivity contribution in [2.24, 2.45) is 0 Å². The van der Waals surface area contributed by atoms with Crippen molar-refractivity contribution >= 4 is 0 Å². The predicted molar refractivity (Wildman–Crippen MR) is 65.3 cm³/mol. The summed E-state index contributed by atoms with van der Waals surface area (Å²) in [5.41, 5.74) is 2.65. The molecule has 1 fully saturated rings. The summed E-state index contributed by atoms with van der Waals surface area (Å²) in [6.45, 7) is 6.28. The third-order valence-electron chi connectivity index (χ3n) is 3.09. The van der Waals surface area contributed by atoms with Crippen LogP contribution in [-0.4, -0.2) is 42.3 Å². The summed E-state index contributed by atoms with van der Waals surface area (Å²) < 4.78 is 0. The van der Waals surface area contributed by atoms with Crippen LogP contribution in [0.5, 0.6) is 0 Å². The molecule has 2 N–H and O–H groups in total. The Morgan fingerprint density at radius 2 is 2.12 bits per heavy atom. The maximum absolute atomic E-state index is 9.12. The van der Waals surface area contributed by atoms with Crippen LogP contribution in [0.4, 0.5) is 0 Å². The lowest BCUT2D eigenvalue weighted by Crippen LogP contribution is -2.51. The number of nitrogens with zero attached hydrogens (tertiary/aromatic N) is 1. The number of nitrogens with one attached hydrogen (secondary N) is 1. The molecule has 0 unspecified atom stereocenters. The van der Waals surface area contributed by atoms with E-state index in [9.17, 15) is 0 Å². The number of hydrogen-bond donors (Lipinski definition) is 2. The van der Waals surface area contributed by atoms with Crippen LogP contribution >= 0.6 is 0 Å². The standard InChI is InChI=1S/C13H20N2O/c1-11-2-4-12(5-3-11)8-15-7-6-14-13(9-15)10-16/h2-5,13-14,16H,6-10H2,1H3/t13-/m0/s1. The number of aliphatic hydroxyl groups is 1. The van der Waals surface area contributed by atoms with Crippen molar-refractivity contribution in [2.45, 2.75) is 19.5 Å². The summed E-state index contributed by atoms with van der Waals surface area (Å²) in [5, 5.41) is 12.4. The predicted octanol–water partition coefficient (Wildman–Crippen LogP) is 0.761. The number of benzene rings is 1. The normalized spacial score (nSPS) is 22.2.